The predicted octanol–water partition coefficient (Wildman–Crippen LogP) is 6.81. The smallest absolute Gasteiger partial charge is 0.280 e. The fraction of sp³-hybridized carbons (Fsp3) is 0.0714. The first-order valence-electron chi connectivity index (χ1n) is 10.8. The van der Waals surface area contributed by atoms with Crippen LogP contribution in [0.15, 0.2) is 102 Å². The van der Waals surface area contributed by atoms with Crippen molar-refractivity contribution in [2.45, 2.75) is 13.5 Å². The highest BCUT2D eigenvalue weighted by Gasteiger charge is 2.29. The van der Waals surface area contributed by atoms with Gasteiger partial charge in [0, 0.05) is 34.2 Å². The van der Waals surface area contributed by atoms with Crippen molar-refractivity contribution in [2.75, 3.05) is 5.01 Å². The van der Waals surface area contributed by atoms with Crippen LogP contribution in [0.3, 0.4) is 0 Å². The minimum Gasteiger partial charge on any atom is -0.343 e. The maximum atomic E-state index is 13.2. The van der Waals surface area contributed by atoms with Gasteiger partial charge in [-0.25, -0.2) is 0 Å². The van der Waals surface area contributed by atoms with Crippen molar-refractivity contribution in [1.29, 1.82) is 0 Å². The van der Waals surface area contributed by atoms with E-state index in [1.54, 1.807) is 12.1 Å². The monoisotopic (exact) mass is 451 g/mol. The molecule has 1 aromatic heterocycles. The number of hydrazone groups is 1. The van der Waals surface area contributed by atoms with E-state index in [4.69, 9.17) is 11.6 Å². The largest absolute Gasteiger partial charge is 0.343 e. The number of hydrogen-bond donors (Lipinski definition) is 0. The number of carbonyl (C=O) groups excluding carboxylic acids is 1. The van der Waals surface area contributed by atoms with E-state index in [1.165, 1.54) is 10.6 Å². The molecule has 0 saturated carbocycles. The predicted molar refractivity (Wildman–Crippen MR) is 137 cm³/mol. The zero-order valence-corrected chi connectivity index (χ0v) is 18.9. The first-order valence-corrected chi connectivity index (χ1v) is 11.1. The number of hydrogen-bond acceptors (Lipinski definition) is 2. The Morgan fingerprint density at radius 2 is 1.76 bits per heavy atom. The Kier molecular flexibility index (Phi) is 5.68. The van der Waals surface area contributed by atoms with Crippen LogP contribution >= 0.6 is 11.6 Å². The molecule has 1 aliphatic rings. The Morgan fingerprint density at radius 1 is 0.970 bits per heavy atom. The molecule has 1 aliphatic heterocycles. The van der Waals surface area contributed by atoms with Crippen molar-refractivity contribution < 1.29 is 4.79 Å². The minimum absolute atomic E-state index is 0.157. The molecule has 0 unspecified atom stereocenters. The third-order valence-corrected chi connectivity index (χ3v) is 5.88. The first kappa shape index (κ1) is 21.0. The number of para-hydroxylation sites is 1. The van der Waals surface area contributed by atoms with Crippen LogP contribution in [0, 0.1) is 0 Å². The van der Waals surface area contributed by atoms with Gasteiger partial charge < -0.3 is 4.57 Å². The Bertz CT molecular complexity index is 1430. The lowest BCUT2D eigenvalue weighted by atomic mass is 10.1. The van der Waals surface area contributed by atoms with Gasteiger partial charge in [-0.15, -0.1) is 0 Å². The molecule has 4 nitrogen and oxygen atoms in total. The highest BCUT2D eigenvalue weighted by atomic mass is 35.5. The summed E-state index contributed by atoms with van der Waals surface area (Å²) in [6.07, 6.45) is 8.29. The second-order valence-corrected chi connectivity index (χ2v) is 8.34. The number of amides is 1. The first-order chi connectivity index (χ1) is 16.1. The molecule has 5 heteroatoms. The lowest BCUT2D eigenvalue weighted by molar-refractivity contribution is -0.114. The van der Waals surface area contributed by atoms with E-state index in [0.29, 0.717) is 22.0 Å². The second kappa shape index (κ2) is 8.93. The molecule has 0 aliphatic carbocycles. The van der Waals surface area contributed by atoms with E-state index < -0.39 is 0 Å². The highest BCUT2D eigenvalue weighted by molar-refractivity contribution is 6.33. The van der Waals surface area contributed by atoms with Gasteiger partial charge in [-0.05, 0) is 42.8 Å². The summed E-state index contributed by atoms with van der Waals surface area (Å²) in [5.74, 6) is -0.157. The maximum absolute atomic E-state index is 13.2. The molecular formula is C28H22ClN3O. The van der Waals surface area contributed by atoms with E-state index in [0.717, 1.165) is 23.0 Å². The number of rotatable bonds is 5. The molecule has 3 aromatic carbocycles. The molecule has 0 saturated heterocycles. The van der Waals surface area contributed by atoms with Gasteiger partial charge in [-0.3, -0.25) is 4.79 Å². The molecule has 0 radical (unpaired) electrons. The van der Waals surface area contributed by atoms with Crippen LogP contribution in [0.1, 0.15) is 18.1 Å². The van der Waals surface area contributed by atoms with Crippen molar-refractivity contribution in [2.24, 2.45) is 5.10 Å². The normalized spacial score (nSPS) is 15.2. The topological polar surface area (TPSA) is 37.6 Å². The molecule has 33 heavy (non-hydrogen) atoms. The molecular weight excluding hydrogens is 430 g/mol. The van der Waals surface area contributed by atoms with Gasteiger partial charge in [-0.1, -0.05) is 78.4 Å². The summed E-state index contributed by atoms with van der Waals surface area (Å²) in [5.41, 5.74) is 5.20. The minimum atomic E-state index is -0.157. The third kappa shape index (κ3) is 4.26. The van der Waals surface area contributed by atoms with Crippen LogP contribution in [0.2, 0.25) is 5.02 Å². The fourth-order valence-corrected chi connectivity index (χ4v) is 4.21. The van der Waals surface area contributed by atoms with E-state index in [9.17, 15) is 4.79 Å². The number of fused-ring (bicyclic) bond motifs is 1. The average Bonchev–Trinajstić information content (AvgIpc) is 3.32. The highest BCUT2D eigenvalue weighted by Crippen LogP contribution is 2.29. The van der Waals surface area contributed by atoms with Gasteiger partial charge in [0.25, 0.3) is 5.91 Å². The maximum Gasteiger partial charge on any atom is 0.280 e. The summed E-state index contributed by atoms with van der Waals surface area (Å²) in [7, 11) is 0. The summed E-state index contributed by atoms with van der Waals surface area (Å²) in [4.78, 5) is 13.2. The van der Waals surface area contributed by atoms with Crippen LogP contribution in [-0.2, 0) is 11.3 Å². The number of anilines is 1. The SMILES string of the molecule is CC1=NN(c2cccc(Cl)c2)C(=O)/C1=C\c1cn(C/C=C\c2ccccc2)c2ccccc12. The zero-order valence-electron chi connectivity index (χ0n) is 18.1. The van der Waals surface area contributed by atoms with Crippen molar-refractivity contribution >= 4 is 52.0 Å². The molecule has 162 valence electrons. The second-order valence-electron chi connectivity index (χ2n) is 7.91. The molecule has 1 amide bonds. The summed E-state index contributed by atoms with van der Waals surface area (Å²) in [6, 6.07) is 25.6. The number of carbonyl (C=O) groups is 1. The Hall–Kier alpha value is -3.89. The van der Waals surface area contributed by atoms with Crippen molar-refractivity contribution in [3.63, 3.8) is 0 Å². The zero-order chi connectivity index (χ0) is 22.8. The number of aromatic nitrogens is 1. The van der Waals surface area contributed by atoms with Crippen LogP contribution < -0.4 is 5.01 Å². The van der Waals surface area contributed by atoms with E-state index in [1.807, 2.05) is 55.5 Å². The molecule has 0 N–H and O–H groups in total. The van der Waals surface area contributed by atoms with Gasteiger partial charge in [-0.2, -0.15) is 10.1 Å². The lowest BCUT2D eigenvalue weighted by Crippen LogP contribution is -2.21. The van der Waals surface area contributed by atoms with E-state index in [2.05, 4.69) is 52.3 Å². The third-order valence-electron chi connectivity index (χ3n) is 5.65. The van der Waals surface area contributed by atoms with Crippen LogP contribution in [-0.4, -0.2) is 16.2 Å². The number of nitrogens with zero attached hydrogens (tertiary/aromatic N) is 3. The van der Waals surface area contributed by atoms with E-state index in [-0.39, 0.29) is 5.91 Å². The van der Waals surface area contributed by atoms with Crippen molar-refractivity contribution in [3.05, 3.63) is 113 Å². The Morgan fingerprint density at radius 3 is 2.58 bits per heavy atom. The van der Waals surface area contributed by atoms with Gasteiger partial charge in [0.05, 0.1) is 17.0 Å². The molecule has 0 bridgehead atoms. The Balaban J connectivity index is 1.47. The van der Waals surface area contributed by atoms with Gasteiger partial charge in [0.2, 0.25) is 0 Å². The summed E-state index contributed by atoms with van der Waals surface area (Å²) in [6.45, 7) is 2.59. The summed E-state index contributed by atoms with van der Waals surface area (Å²) >= 11 is 6.11. The molecule has 5 rings (SSSR count). The standard InChI is InChI=1S/C28H22ClN3O/c1-20-26(28(33)32(30-20)24-13-7-12-23(29)18-24)17-22-19-31(27-15-6-5-14-25(22)27)16-8-11-21-9-3-2-4-10-21/h2-15,17-19H,16H2,1H3/b11-8-,26-17-. The van der Waals surface area contributed by atoms with Crippen LogP contribution in [0.5, 0.6) is 0 Å². The number of allylic oxidation sites excluding steroid dienone is 1. The fourth-order valence-electron chi connectivity index (χ4n) is 4.03. The molecule has 0 fully saturated rings. The molecule has 0 spiro atoms. The summed E-state index contributed by atoms with van der Waals surface area (Å²) in [5, 5.41) is 7.56. The van der Waals surface area contributed by atoms with Crippen molar-refractivity contribution in [1.82, 2.24) is 4.57 Å². The van der Waals surface area contributed by atoms with Gasteiger partial charge >= 0.3 is 0 Å². The molecule has 2 heterocycles. The van der Waals surface area contributed by atoms with Gasteiger partial charge in [0.1, 0.15) is 0 Å². The quantitative estimate of drug-likeness (QED) is 0.307. The molecule has 0 atom stereocenters. The molecule has 4 aromatic rings. The average molecular weight is 452 g/mol. The summed E-state index contributed by atoms with van der Waals surface area (Å²) < 4.78 is 2.20. The lowest BCUT2D eigenvalue weighted by Gasteiger charge is -2.11. The van der Waals surface area contributed by atoms with E-state index >= 15 is 0 Å². The Labute approximate surface area is 197 Å². The number of benzene rings is 3. The van der Waals surface area contributed by atoms with Crippen LogP contribution in [0.4, 0.5) is 5.69 Å². The number of halogens is 1. The van der Waals surface area contributed by atoms with Crippen molar-refractivity contribution in [3.8, 4) is 0 Å². The van der Waals surface area contributed by atoms with Gasteiger partial charge in [0.15, 0.2) is 0 Å². The van der Waals surface area contributed by atoms with Crippen LogP contribution in [0.25, 0.3) is 23.1 Å².